The van der Waals surface area contributed by atoms with Crippen LogP contribution in [0.4, 0.5) is 11.4 Å². The third kappa shape index (κ3) is 2.79. The second-order valence-corrected chi connectivity index (χ2v) is 11.6. The van der Waals surface area contributed by atoms with Gasteiger partial charge in [-0.3, -0.25) is 0 Å². The molecule has 1 nitrogen and oxygen atoms in total. The van der Waals surface area contributed by atoms with Gasteiger partial charge < -0.3 is 5.32 Å². The van der Waals surface area contributed by atoms with Crippen molar-refractivity contribution in [3.63, 3.8) is 0 Å². The van der Waals surface area contributed by atoms with Crippen LogP contribution >= 0.6 is 0 Å². The Morgan fingerprint density at radius 3 is 1.53 bits per heavy atom. The van der Waals surface area contributed by atoms with Crippen molar-refractivity contribution in [2.75, 3.05) is 5.32 Å². The van der Waals surface area contributed by atoms with Crippen molar-refractivity contribution < 1.29 is 0 Å². The largest absolute Gasteiger partial charge is 0.356 e. The van der Waals surface area contributed by atoms with Crippen LogP contribution in [-0.4, -0.2) is 0 Å². The third-order valence-electron chi connectivity index (χ3n) is 8.51. The number of fused-ring (bicyclic) bond motifs is 5. The first-order chi connectivity index (χ1) is 16.1. The van der Waals surface area contributed by atoms with Gasteiger partial charge in [-0.1, -0.05) is 102 Å². The number of hydrogen-bond acceptors (Lipinski definition) is 1. The zero-order chi connectivity index (χ0) is 23.9. The lowest BCUT2D eigenvalue weighted by Gasteiger charge is -2.44. The fourth-order valence-electron chi connectivity index (χ4n) is 6.50. The van der Waals surface area contributed by atoms with E-state index in [9.17, 15) is 0 Å². The molecule has 6 rings (SSSR count). The summed E-state index contributed by atoms with van der Waals surface area (Å²) >= 11 is 0. The van der Waals surface area contributed by atoms with Crippen LogP contribution in [0.2, 0.25) is 0 Å². The first-order valence-corrected chi connectivity index (χ1v) is 12.4. The molecule has 34 heavy (non-hydrogen) atoms. The van der Waals surface area contributed by atoms with Crippen LogP contribution in [0.3, 0.4) is 0 Å². The molecule has 1 heteroatoms. The lowest BCUT2D eigenvalue weighted by molar-refractivity contribution is 0.521. The van der Waals surface area contributed by atoms with Crippen molar-refractivity contribution in [2.24, 2.45) is 0 Å². The van der Waals surface area contributed by atoms with Gasteiger partial charge in [0.2, 0.25) is 0 Å². The SMILES string of the molecule is CC1(C)c2ccccc2-c2ccc(Nc3ccc4c(c3)C(C)(C)c3ccccc3C4(C)C)cc21. The van der Waals surface area contributed by atoms with E-state index in [4.69, 9.17) is 0 Å². The molecule has 0 heterocycles. The van der Waals surface area contributed by atoms with Crippen LogP contribution in [0.5, 0.6) is 0 Å². The first-order valence-electron chi connectivity index (χ1n) is 12.4. The third-order valence-corrected chi connectivity index (χ3v) is 8.51. The summed E-state index contributed by atoms with van der Waals surface area (Å²) in [5.41, 5.74) is 13.5. The van der Waals surface area contributed by atoms with E-state index in [-0.39, 0.29) is 16.2 Å². The number of anilines is 2. The molecule has 0 spiro atoms. The highest BCUT2D eigenvalue weighted by atomic mass is 14.9. The first kappa shape index (κ1) is 21.2. The van der Waals surface area contributed by atoms with Crippen LogP contribution in [0.1, 0.15) is 74.9 Å². The molecular weight excluding hydrogens is 410 g/mol. The Labute approximate surface area is 203 Å². The fraction of sp³-hybridized carbons (Fsp3) is 0.273. The second-order valence-electron chi connectivity index (χ2n) is 11.6. The second kappa shape index (κ2) is 6.85. The maximum Gasteiger partial charge on any atom is 0.0387 e. The summed E-state index contributed by atoms with van der Waals surface area (Å²) in [6.45, 7) is 14.1. The molecule has 0 bridgehead atoms. The van der Waals surface area contributed by atoms with E-state index in [0.717, 1.165) is 11.4 Å². The highest BCUT2D eigenvalue weighted by Crippen LogP contribution is 2.51. The molecule has 2 aliphatic rings. The number of hydrogen-bond donors (Lipinski definition) is 1. The summed E-state index contributed by atoms with van der Waals surface area (Å²) in [6.07, 6.45) is 0. The molecule has 0 radical (unpaired) electrons. The van der Waals surface area contributed by atoms with E-state index in [1.165, 1.54) is 44.5 Å². The quantitative estimate of drug-likeness (QED) is 0.327. The molecule has 4 aromatic carbocycles. The minimum absolute atomic E-state index is 0.00912. The molecule has 0 aromatic heterocycles. The van der Waals surface area contributed by atoms with Crippen LogP contribution in [0.25, 0.3) is 11.1 Å². The summed E-state index contributed by atoms with van der Waals surface area (Å²) < 4.78 is 0. The van der Waals surface area contributed by atoms with Crippen molar-refractivity contribution in [1.82, 2.24) is 0 Å². The summed E-state index contributed by atoms with van der Waals surface area (Å²) in [5.74, 6) is 0. The standard InChI is InChI=1S/C33H33N/c1-31(2)25-12-8-7-11-23(25)24-17-15-21(19-29(24)31)34-22-16-18-28-30(20-22)33(5,6)27-14-10-9-13-26(27)32(28,3)4/h7-20,34H,1-6H3. The van der Waals surface area contributed by atoms with Crippen molar-refractivity contribution in [3.8, 4) is 11.1 Å². The van der Waals surface area contributed by atoms with Gasteiger partial charge in [0.25, 0.3) is 0 Å². The van der Waals surface area contributed by atoms with Gasteiger partial charge in [0.05, 0.1) is 0 Å². The Balaban J connectivity index is 1.41. The molecule has 0 atom stereocenters. The van der Waals surface area contributed by atoms with E-state index >= 15 is 0 Å². The van der Waals surface area contributed by atoms with Crippen LogP contribution < -0.4 is 5.32 Å². The van der Waals surface area contributed by atoms with Gasteiger partial charge in [-0.2, -0.15) is 0 Å². The average molecular weight is 444 g/mol. The molecule has 1 N–H and O–H groups in total. The Bertz CT molecular complexity index is 1450. The minimum Gasteiger partial charge on any atom is -0.356 e. The number of rotatable bonds is 2. The summed E-state index contributed by atoms with van der Waals surface area (Å²) in [6, 6.07) is 31.6. The molecule has 4 aromatic rings. The lowest BCUT2D eigenvalue weighted by Crippen LogP contribution is -2.36. The van der Waals surface area contributed by atoms with Crippen molar-refractivity contribution >= 4 is 11.4 Å². The van der Waals surface area contributed by atoms with Crippen molar-refractivity contribution in [1.29, 1.82) is 0 Å². The zero-order valence-corrected chi connectivity index (χ0v) is 21.1. The van der Waals surface area contributed by atoms with E-state index in [2.05, 4.69) is 132 Å². The smallest absolute Gasteiger partial charge is 0.0387 e. The molecule has 0 saturated carbocycles. The summed E-state index contributed by atoms with van der Waals surface area (Å²) in [5, 5.41) is 3.74. The summed E-state index contributed by atoms with van der Waals surface area (Å²) in [7, 11) is 0. The van der Waals surface area contributed by atoms with Gasteiger partial charge in [-0.05, 0) is 68.8 Å². The topological polar surface area (TPSA) is 12.0 Å². The highest BCUT2D eigenvalue weighted by Gasteiger charge is 2.41. The zero-order valence-electron chi connectivity index (χ0n) is 21.1. The molecule has 0 unspecified atom stereocenters. The molecule has 2 aliphatic carbocycles. The van der Waals surface area contributed by atoms with Gasteiger partial charge in [0, 0.05) is 27.6 Å². The monoisotopic (exact) mass is 443 g/mol. The predicted molar refractivity (Wildman–Crippen MR) is 144 cm³/mol. The minimum atomic E-state index is -0.0410. The van der Waals surface area contributed by atoms with E-state index in [1.54, 1.807) is 0 Å². The Kier molecular flexibility index (Phi) is 4.28. The summed E-state index contributed by atoms with van der Waals surface area (Å²) in [4.78, 5) is 0. The van der Waals surface area contributed by atoms with Gasteiger partial charge in [0.1, 0.15) is 0 Å². The van der Waals surface area contributed by atoms with E-state index < -0.39 is 0 Å². The maximum absolute atomic E-state index is 3.74. The number of nitrogens with one attached hydrogen (secondary N) is 1. The Morgan fingerprint density at radius 2 is 0.853 bits per heavy atom. The van der Waals surface area contributed by atoms with Gasteiger partial charge >= 0.3 is 0 Å². The van der Waals surface area contributed by atoms with E-state index in [0.29, 0.717) is 0 Å². The van der Waals surface area contributed by atoms with Gasteiger partial charge in [-0.25, -0.2) is 0 Å². The lowest BCUT2D eigenvalue weighted by atomic mass is 9.60. The van der Waals surface area contributed by atoms with Crippen LogP contribution in [0.15, 0.2) is 84.9 Å². The van der Waals surface area contributed by atoms with Crippen molar-refractivity contribution in [3.05, 3.63) is 118 Å². The molecule has 0 saturated heterocycles. The normalized spacial score (nSPS) is 17.8. The average Bonchev–Trinajstić information content (AvgIpc) is 3.05. The predicted octanol–water partition coefficient (Wildman–Crippen LogP) is 8.70. The number of benzene rings is 4. The molecular formula is C33H33N. The van der Waals surface area contributed by atoms with Crippen molar-refractivity contribution in [2.45, 2.75) is 57.8 Å². The molecule has 0 amide bonds. The molecule has 170 valence electrons. The fourth-order valence-corrected chi connectivity index (χ4v) is 6.50. The van der Waals surface area contributed by atoms with Gasteiger partial charge in [0.15, 0.2) is 0 Å². The van der Waals surface area contributed by atoms with Gasteiger partial charge in [-0.15, -0.1) is 0 Å². The Morgan fingerprint density at radius 1 is 0.412 bits per heavy atom. The molecule has 0 aliphatic heterocycles. The Hall–Kier alpha value is -3.32. The van der Waals surface area contributed by atoms with Crippen LogP contribution in [-0.2, 0) is 16.2 Å². The maximum atomic E-state index is 3.74. The highest BCUT2D eigenvalue weighted by molar-refractivity contribution is 5.83. The molecule has 0 fully saturated rings. The van der Waals surface area contributed by atoms with Crippen LogP contribution in [0, 0.1) is 0 Å². The van der Waals surface area contributed by atoms with E-state index in [1.807, 2.05) is 0 Å².